The molecule has 1 aliphatic rings. The molecule has 1 aromatic carbocycles. The third kappa shape index (κ3) is 3.31. The van der Waals surface area contributed by atoms with Crippen molar-refractivity contribution < 1.29 is 4.39 Å². The number of benzene rings is 1. The lowest BCUT2D eigenvalue weighted by atomic mass is 9.88. The van der Waals surface area contributed by atoms with Crippen molar-refractivity contribution in [1.82, 2.24) is 4.90 Å². The predicted molar refractivity (Wildman–Crippen MR) is 72.2 cm³/mol. The maximum absolute atomic E-state index is 12.8. The van der Waals surface area contributed by atoms with Crippen molar-refractivity contribution in [2.45, 2.75) is 38.6 Å². The van der Waals surface area contributed by atoms with Crippen LogP contribution in [0, 0.1) is 17.1 Å². The van der Waals surface area contributed by atoms with E-state index in [9.17, 15) is 4.39 Å². The molecule has 0 radical (unpaired) electrons. The van der Waals surface area contributed by atoms with Gasteiger partial charge in [-0.2, -0.15) is 0 Å². The summed E-state index contributed by atoms with van der Waals surface area (Å²) in [7, 11) is 1.96. The molecule has 1 fully saturated rings. The SMILES string of the molecule is CN(Cc1ccc(F)cc1)C(=N)C1CCCCC1. The molecular formula is C15H21FN2. The summed E-state index contributed by atoms with van der Waals surface area (Å²) in [6, 6.07) is 6.54. The average molecular weight is 248 g/mol. The first kappa shape index (κ1) is 13.1. The van der Waals surface area contributed by atoms with Crippen molar-refractivity contribution >= 4 is 5.84 Å². The molecule has 0 aliphatic heterocycles. The van der Waals surface area contributed by atoms with Crippen LogP contribution in [0.25, 0.3) is 0 Å². The average Bonchev–Trinajstić information content (AvgIpc) is 2.41. The standard InChI is InChI=1S/C15H21FN2/c1-18(11-12-7-9-14(16)10-8-12)15(17)13-5-3-2-4-6-13/h7-10,13,17H,2-6,11H2,1H3. The van der Waals surface area contributed by atoms with Crippen LogP contribution in [0.15, 0.2) is 24.3 Å². The maximum atomic E-state index is 12.8. The molecule has 0 spiro atoms. The Hall–Kier alpha value is -1.38. The Labute approximate surface area is 108 Å². The van der Waals surface area contributed by atoms with E-state index in [-0.39, 0.29) is 5.82 Å². The lowest BCUT2D eigenvalue weighted by molar-refractivity contribution is 0.382. The van der Waals surface area contributed by atoms with Crippen LogP contribution in [0.3, 0.4) is 0 Å². The summed E-state index contributed by atoms with van der Waals surface area (Å²) in [5.41, 5.74) is 1.06. The summed E-state index contributed by atoms with van der Waals surface area (Å²) in [6.45, 7) is 0.690. The van der Waals surface area contributed by atoms with Gasteiger partial charge in [-0.1, -0.05) is 31.4 Å². The Balaban J connectivity index is 1.92. The molecular weight excluding hydrogens is 227 g/mol. The summed E-state index contributed by atoms with van der Waals surface area (Å²) in [4.78, 5) is 1.99. The molecule has 0 unspecified atom stereocenters. The fourth-order valence-corrected chi connectivity index (χ4v) is 2.64. The van der Waals surface area contributed by atoms with Crippen molar-refractivity contribution in [1.29, 1.82) is 5.41 Å². The molecule has 0 saturated heterocycles. The zero-order valence-electron chi connectivity index (χ0n) is 11.0. The van der Waals surface area contributed by atoms with Gasteiger partial charge in [-0.3, -0.25) is 5.41 Å². The Morgan fingerprint density at radius 1 is 1.22 bits per heavy atom. The molecule has 18 heavy (non-hydrogen) atoms. The van der Waals surface area contributed by atoms with Gasteiger partial charge >= 0.3 is 0 Å². The minimum atomic E-state index is -0.205. The molecule has 1 saturated carbocycles. The topological polar surface area (TPSA) is 27.1 Å². The highest BCUT2D eigenvalue weighted by Gasteiger charge is 2.20. The third-order valence-corrected chi connectivity index (χ3v) is 3.74. The second-order valence-electron chi connectivity index (χ2n) is 5.20. The summed E-state index contributed by atoms with van der Waals surface area (Å²) >= 11 is 0. The van der Waals surface area contributed by atoms with Gasteiger partial charge < -0.3 is 4.90 Å². The number of nitrogens with zero attached hydrogens (tertiary/aromatic N) is 1. The van der Waals surface area contributed by atoms with Crippen LogP contribution in [0.2, 0.25) is 0 Å². The Morgan fingerprint density at radius 2 is 1.83 bits per heavy atom. The van der Waals surface area contributed by atoms with Gasteiger partial charge in [-0.25, -0.2) is 4.39 Å². The van der Waals surface area contributed by atoms with Gasteiger partial charge in [-0.15, -0.1) is 0 Å². The summed E-state index contributed by atoms with van der Waals surface area (Å²) in [6.07, 6.45) is 6.10. The molecule has 0 amide bonds. The van der Waals surface area contributed by atoms with Gasteiger partial charge in [0.05, 0.1) is 5.84 Å². The van der Waals surface area contributed by atoms with Crippen molar-refractivity contribution in [3.8, 4) is 0 Å². The van der Waals surface area contributed by atoms with Crippen LogP contribution in [0.1, 0.15) is 37.7 Å². The number of amidine groups is 1. The molecule has 1 aliphatic carbocycles. The van der Waals surface area contributed by atoms with Crippen LogP contribution >= 0.6 is 0 Å². The van der Waals surface area contributed by atoms with E-state index in [0.29, 0.717) is 12.5 Å². The van der Waals surface area contributed by atoms with Gasteiger partial charge in [0.2, 0.25) is 0 Å². The first-order chi connectivity index (χ1) is 8.66. The van der Waals surface area contributed by atoms with Gasteiger partial charge in [-0.05, 0) is 30.5 Å². The maximum Gasteiger partial charge on any atom is 0.123 e. The lowest BCUT2D eigenvalue weighted by Crippen LogP contribution is -2.32. The van der Waals surface area contributed by atoms with Crippen molar-refractivity contribution in [2.75, 3.05) is 7.05 Å². The molecule has 0 bridgehead atoms. The van der Waals surface area contributed by atoms with Gasteiger partial charge in [0.15, 0.2) is 0 Å². The van der Waals surface area contributed by atoms with E-state index in [4.69, 9.17) is 5.41 Å². The van der Waals surface area contributed by atoms with E-state index in [0.717, 1.165) is 24.2 Å². The van der Waals surface area contributed by atoms with E-state index in [1.165, 1.54) is 31.4 Å². The molecule has 2 rings (SSSR count). The molecule has 1 aromatic rings. The summed E-state index contributed by atoms with van der Waals surface area (Å²) in [5.74, 6) is 0.951. The molecule has 2 nitrogen and oxygen atoms in total. The van der Waals surface area contributed by atoms with E-state index >= 15 is 0 Å². The normalized spacial score (nSPS) is 16.6. The second kappa shape index (κ2) is 5.98. The smallest absolute Gasteiger partial charge is 0.123 e. The highest BCUT2D eigenvalue weighted by Crippen LogP contribution is 2.25. The monoisotopic (exact) mass is 248 g/mol. The van der Waals surface area contributed by atoms with Crippen LogP contribution in [-0.2, 0) is 6.54 Å². The van der Waals surface area contributed by atoms with Gasteiger partial charge in [0, 0.05) is 19.5 Å². The van der Waals surface area contributed by atoms with E-state index in [1.807, 2.05) is 11.9 Å². The van der Waals surface area contributed by atoms with Crippen LogP contribution in [0.5, 0.6) is 0 Å². The molecule has 0 atom stereocenters. The fraction of sp³-hybridized carbons (Fsp3) is 0.533. The van der Waals surface area contributed by atoms with Crippen LogP contribution < -0.4 is 0 Å². The fourth-order valence-electron chi connectivity index (χ4n) is 2.64. The quantitative estimate of drug-likeness (QED) is 0.639. The number of hydrogen-bond acceptors (Lipinski definition) is 1. The molecule has 1 N–H and O–H groups in total. The zero-order valence-corrected chi connectivity index (χ0v) is 11.0. The minimum Gasteiger partial charge on any atom is -0.359 e. The van der Waals surface area contributed by atoms with Crippen molar-refractivity contribution in [2.24, 2.45) is 5.92 Å². The molecule has 0 aromatic heterocycles. The molecule has 0 heterocycles. The summed E-state index contributed by atoms with van der Waals surface area (Å²) < 4.78 is 12.8. The first-order valence-electron chi connectivity index (χ1n) is 6.71. The molecule has 98 valence electrons. The van der Waals surface area contributed by atoms with Crippen LogP contribution in [0.4, 0.5) is 4.39 Å². The van der Waals surface area contributed by atoms with E-state index in [2.05, 4.69) is 0 Å². The summed E-state index contributed by atoms with van der Waals surface area (Å²) in [5, 5.41) is 8.23. The van der Waals surface area contributed by atoms with Crippen LogP contribution in [-0.4, -0.2) is 17.8 Å². The zero-order chi connectivity index (χ0) is 13.0. The number of nitrogens with one attached hydrogen (secondary N) is 1. The van der Waals surface area contributed by atoms with Crippen molar-refractivity contribution in [3.05, 3.63) is 35.6 Å². The highest BCUT2D eigenvalue weighted by molar-refractivity contribution is 5.81. The highest BCUT2D eigenvalue weighted by atomic mass is 19.1. The lowest BCUT2D eigenvalue weighted by Gasteiger charge is -2.29. The van der Waals surface area contributed by atoms with Gasteiger partial charge in [0.1, 0.15) is 5.82 Å². The number of rotatable bonds is 3. The van der Waals surface area contributed by atoms with E-state index < -0.39 is 0 Å². The Kier molecular flexibility index (Phi) is 4.34. The third-order valence-electron chi connectivity index (χ3n) is 3.74. The Morgan fingerprint density at radius 3 is 2.44 bits per heavy atom. The second-order valence-corrected chi connectivity index (χ2v) is 5.20. The van der Waals surface area contributed by atoms with Gasteiger partial charge in [0.25, 0.3) is 0 Å². The Bertz CT molecular complexity index is 393. The number of halogens is 1. The minimum absolute atomic E-state index is 0.205. The molecule has 3 heteroatoms. The first-order valence-corrected chi connectivity index (χ1v) is 6.71. The number of hydrogen-bond donors (Lipinski definition) is 1. The van der Waals surface area contributed by atoms with Crippen molar-refractivity contribution in [3.63, 3.8) is 0 Å². The largest absolute Gasteiger partial charge is 0.359 e. The van der Waals surface area contributed by atoms with E-state index in [1.54, 1.807) is 12.1 Å². The predicted octanol–water partition coefficient (Wildman–Crippen LogP) is 3.82.